The molecule has 1 rings (SSSR count). The van der Waals surface area contributed by atoms with E-state index < -0.39 is 0 Å². The van der Waals surface area contributed by atoms with E-state index in [1.165, 1.54) is 0 Å². The number of rotatable bonds is 3. The van der Waals surface area contributed by atoms with E-state index in [1.807, 2.05) is 12.1 Å². The van der Waals surface area contributed by atoms with Crippen LogP contribution in [0.15, 0.2) is 18.3 Å². The Morgan fingerprint density at radius 3 is 2.85 bits per heavy atom. The Bertz CT molecular complexity index is 297. The monoisotopic (exact) mass is 175 g/mol. The van der Waals surface area contributed by atoms with Crippen LogP contribution in [0.1, 0.15) is 37.1 Å². The average Bonchev–Trinajstić information content (AvgIpc) is 2.18. The van der Waals surface area contributed by atoms with Crippen LogP contribution in [0.2, 0.25) is 0 Å². The zero-order valence-electron chi connectivity index (χ0n) is 7.70. The standard InChI is InChI=1S/C10H13N3/c1-2-3-10(12)8-4-5-9(6-11)13-7-8/h4-5,7,10H,2-3,12H2,1H3. The lowest BCUT2D eigenvalue weighted by Gasteiger charge is -2.09. The molecule has 0 radical (unpaired) electrons. The predicted molar refractivity (Wildman–Crippen MR) is 50.8 cm³/mol. The molecule has 0 bridgehead atoms. The van der Waals surface area contributed by atoms with Gasteiger partial charge in [-0.3, -0.25) is 0 Å². The van der Waals surface area contributed by atoms with E-state index in [9.17, 15) is 0 Å². The van der Waals surface area contributed by atoms with E-state index in [0.29, 0.717) is 5.69 Å². The third-order valence-electron chi connectivity index (χ3n) is 1.93. The number of nitriles is 1. The van der Waals surface area contributed by atoms with Crippen molar-refractivity contribution in [3.05, 3.63) is 29.6 Å². The van der Waals surface area contributed by atoms with Gasteiger partial charge in [0, 0.05) is 12.2 Å². The molecule has 0 aliphatic carbocycles. The van der Waals surface area contributed by atoms with E-state index in [2.05, 4.69) is 11.9 Å². The van der Waals surface area contributed by atoms with Crippen LogP contribution >= 0.6 is 0 Å². The molecule has 0 fully saturated rings. The van der Waals surface area contributed by atoms with Crippen LogP contribution < -0.4 is 5.73 Å². The molecule has 0 saturated carbocycles. The van der Waals surface area contributed by atoms with Crippen LogP contribution in [-0.2, 0) is 0 Å². The molecule has 13 heavy (non-hydrogen) atoms. The number of nitrogens with two attached hydrogens (primary N) is 1. The summed E-state index contributed by atoms with van der Waals surface area (Å²) < 4.78 is 0. The maximum atomic E-state index is 8.53. The summed E-state index contributed by atoms with van der Waals surface area (Å²) in [5, 5.41) is 8.53. The van der Waals surface area contributed by atoms with E-state index in [1.54, 1.807) is 12.3 Å². The maximum absolute atomic E-state index is 8.53. The van der Waals surface area contributed by atoms with Crippen molar-refractivity contribution in [3.8, 4) is 6.07 Å². The fourth-order valence-electron chi connectivity index (χ4n) is 1.17. The van der Waals surface area contributed by atoms with E-state index in [0.717, 1.165) is 18.4 Å². The quantitative estimate of drug-likeness (QED) is 0.761. The number of aromatic nitrogens is 1. The lowest BCUT2D eigenvalue weighted by atomic mass is 10.1. The van der Waals surface area contributed by atoms with Gasteiger partial charge >= 0.3 is 0 Å². The fourth-order valence-corrected chi connectivity index (χ4v) is 1.17. The molecular formula is C10H13N3. The van der Waals surface area contributed by atoms with Crippen molar-refractivity contribution in [1.82, 2.24) is 4.98 Å². The molecule has 1 heterocycles. The highest BCUT2D eigenvalue weighted by Gasteiger charge is 2.04. The second-order valence-electron chi connectivity index (χ2n) is 2.98. The summed E-state index contributed by atoms with van der Waals surface area (Å²) in [6, 6.07) is 5.59. The van der Waals surface area contributed by atoms with Crippen LogP contribution in [0.5, 0.6) is 0 Å². The number of nitrogens with zero attached hydrogens (tertiary/aromatic N) is 2. The summed E-state index contributed by atoms with van der Waals surface area (Å²) in [6.07, 6.45) is 3.69. The Labute approximate surface area is 78.2 Å². The summed E-state index contributed by atoms with van der Waals surface area (Å²) in [7, 11) is 0. The van der Waals surface area contributed by atoms with Gasteiger partial charge in [-0.05, 0) is 18.1 Å². The summed E-state index contributed by atoms with van der Waals surface area (Å²) in [4.78, 5) is 3.96. The molecule has 0 aromatic carbocycles. The van der Waals surface area contributed by atoms with Gasteiger partial charge in [0.1, 0.15) is 11.8 Å². The minimum atomic E-state index is 0.0465. The fraction of sp³-hybridized carbons (Fsp3) is 0.400. The molecule has 1 unspecified atom stereocenters. The summed E-state index contributed by atoms with van der Waals surface area (Å²) in [5.41, 5.74) is 7.31. The van der Waals surface area contributed by atoms with Gasteiger partial charge < -0.3 is 5.73 Å². The highest BCUT2D eigenvalue weighted by atomic mass is 14.7. The molecule has 3 nitrogen and oxygen atoms in total. The molecule has 3 heteroatoms. The molecule has 2 N–H and O–H groups in total. The van der Waals surface area contributed by atoms with Crippen LogP contribution in [0.25, 0.3) is 0 Å². The summed E-state index contributed by atoms with van der Waals surface area (Å²) >= 11 is 0. The molecule has 0 aliphatic heterocycles. The van der Waals surface area contributed by atoms with Gasteiger partial charge in [-0.15, -0.1) is 0 Å². The molecule has 0 spiro atoms. The first kappa shape index (κ1) is 9.69. The van der Waals surface area contributed by atoms with Gasteiger partial charge in [0.2, 0.25) is 0 Å². The lowest BCUT2D eigenvalue weighted by Crippen LogP contribution is -2.09. The topological polar surface area (TPSA) is 62.7 Å². The van der Waals surface area contributed by atoms with Crippen molar-refractivity contribution in [1.29, 1.82) is 5.26 Å². The van der Waals surface area contributed by atoms with Crippen molar-refractivity contribution in [3.63, 3.8) is 0 Å². The first-order valence-corrected chi connectivity index (χ1v) is 4.39. The van der Waals surface area contributed by atoms with Crippen molar-refractivity contribution in [2.24, 2.45) is 5.73 Å². The second-order valence-corrected chi connectivity index (χ2v) is 2.98. The molecule has 1 aromatic rings. The lowest BCUT2D eigenvalue weighted by molar-refractivity contribution is 0.636. The Morgan fingerprint density at radius 2 is 2.38 bits per heavy atom. The SMILES string of the molecule is CCCC(N)c1ccc(C#N)nc1. The van der Waals surface area contributed by atoms with Crippen molar-refractivity contribution in [2.45, 2.75) is 25.8 Å². The smallest absolute Gasteiger partial charge is 0.140 e. The molecule has 1 aromatic heterocycles. The third kappa shape index (κ3) is 2.53. The Hall–Kier alpha value is -1.40. The first-order chi connectivity index (χ1) is 6.27. The third-order valence-corrected chi connectivity index (χ3v) is 1.93. The van der Waals surface area contributed by atoms with E-state index in [4.69, 9.17) is 11.0 Å². The minimum absolute atomic E-state index is 0.0465. The van der Waals surface area contributed by atoms with Gasteiger partial charge in [0.05, 0.1) is 0 Å². The van der Waals surface area contributed by atoms with Crippen LogP contribution in [0, 0.1) is 11.3 Å². The van der Waals surface area contributed by atoms with Crippen molar-refractivity contribution < 1.29 is 0 Å². The largest absolute Gasteiger partial charge is 0.324 e. The highest BCUT2D eigenvalue weighted by molar-refractivity contribution is 5.24. The van der Waals surface area contributed by atoms with Crippen LogP contribution in [0.3, 0.4) is 0 Å². The maximum Gasteiger partial charge on any atom is 0.140 e. The Balaban J connectivity index is 2.75. The normalized spacial score (nSPS) is 12.1. The molecule has 0 saturated heterocycles. The average molecular weight is 175 g/mol. The zero-order chi connectivity index (χ0) is 9.68. The zero-order valence-corrected chi connectivity index (χ0v) is 7.70. The first-order valence-electron chi connectivity index (χ1n) is 4.39. The summed E-state index contributed by atoms with van der Waals surface area (Å²) in [5.74, 6) is 0. The van der Waals surface area contributed by atoms with E-state index in [-0.39, 0.29) is 6.04 Å². The van der Waals surface area contributed by atoms with Gasteiger partial charge in [0.15, 0.2) is 0 Å². The second kappa shape index (κ2) is 4.58. The number of hydrogen-bond donors (Lipinski definition) is 1. The van der Waals surface area contributed by atoms with Gasteiger partial charge in [0.25, 0.3) is 0 Å². The van der Waals surface area contributed by atoms with Gasteiger partial charge in [-0.25, -0.2) is 4.98 Å². The molecule has 0 aliphatic rings. The Kier molecular flexibility index (Phi) is 3.41. The van der Waals surface area contributed by atoms with Crippen molar-refractivity contribution in [2.75, 3.05) is 0 Å². The highest BCUT2D eigenvalue weighted by Crippen LogP contribution is 2.14. The minimum Gasteiger partial charge on any atom is -0.324 e. The van der Waals surface area contributed by atoms with Gasteiger partial charge in [-0.2, -0.15) is 5.26 Å². The van der Waals surface area contributed by atoms with Crippen molar-refractivity contribution >= 4 is 0 Å². The Morgan fingerprint density at radius 1 is 1.62 bits per heavy atom. The van der Waals surface area contributed by atoms with E-state index >= 15 is 0 Å². The number of hydrogen-bond acceptors (Lipinski definition) is 3. The molecule has 1 atom stereocenters. The van der Waals surface area contributed by atoms with Crippen LogP contribution in [0.4, 0.5) is 0 Å². The van der Waals surface area contributed by atoms with Crippen LogP contribution in [-0.4, -0.2) is 4.98 Å². The molecule has 0 amide bonds. The summed E-state index contributed by atoms with van der Waals surface area (Å²) in [6.45, 7) is 2.09. The molecule has 68 valence electrons. The number of pyridine rings is 1. The molecular weight excluding hydrogens is 162 g/mol. The predicted octanol–water partition coefficient (Wildman–Crippen LogP) is 1.75. The van der Waals surface area contributed by atoms with Gasteiger partial charge in [-0.1, -0.05) is 19.4 Å².